The van der Waals surface area contributed by atoms with Gasteiger partial charge in [-0.25, -0.2) is 4.79 Å². The van der Waals surface area contributed by atoms with Gasteiger partial charge in [-0.1, -0.05) is 0 Å². The number of carboxylic acids is 1. The minimum atomic E-state index is -1.61. The Morgan fingerprint density at radius 1 is 0.510 bits per heavy atom. The van der Waals surface area contributed by atoms with E-state index < -0.39 is 116 Å². The highest BCUT2D eigenvalue weighted by molar-refractivity contribution is 5.73. The Balaban J connectivity index is 0.000000281. The fraction of sp³-hybridized carbons (Fsp3) is 0.967. The smallest absolute Gasteiger partial charge is 0.335 e. The van der Waals surface area contributed by atoms with E-state index in [4.69, 9.17) is 43.0 Å². The number of aliphatic hydroxyl groups is 9. The van der Waals surface area contributed by atoms with Crippen molar-refractivity contribution in [2.24, 2.45) is 0 Å². The second-order valence-electron chi connectivity index (χ2n) is 12.5. The van der Waals surface area contributed by atoms with Gasteiger partial charge in [0.1, 0.15) is 79.4 Å². The van der Waals surface area contributed by atoms with Gasteiger partial charge in [0.15, 0.2) is 12.4 Å². The number of ether oxygens (including phenoxy) is 8. The van der Waals surface area contributed by atoms with Crippen molar-refractivity contribution < 1.29 is 93.8 Å². The maximum atomic E-state index is 11.4. The number of hydrogen-bond acceptors (Lipinski definition) is 18. The van der Waals surface area contributed by atoms with E-state index in [-0.39, 0.29) is 18.8 Å². The molecular weight excluding hydrogens is 664 g/mol. The van der Waals surface area contributed by atoms with Gasteiger partial charge in [-0.15, -0.1) is 0 Å². The second kappa shape index (κ2) is 19.6. The Labute approximate surface area is 284 Å². The average Bonchev–Trinajstić information content (AvgIpc) is 3.05. The predicted octanol–water partition coefficient (Wildman–Crippen LogP) is -4.52. The third kappa shape index (κ3) is 10.4. The summed E-state index contributed by atoms with van der Waals surface area (Å²) in [6.45, 7) is 7.91. The first-order valence-corrected chi connectivity index (χ1v) is 16.0. The van der Waals surface area contributed by atoms with Gasteiger partial charge in [-0.2, -0.15) is 0 Å². The normalized spacial score (nSPS) is 48.8. The topological polar surface area (TPSA) is 293 Å². The van der Waals surface area contributed by atoms with Crippen molar-refractivity contribution in [1.82, 2.24) is 0 Å². The van der Waals surface area contributed by atoms with Crippen molar-refractivity contribution in [2.75, 3.05) is 27.9 Å². The molecule has 0 aromatic rings. The first kappa shape index (κ1) is 44.0. The lowest BCUT2D eigenvalue weighted by Crippen LogP contribution is -2.64. The Hall–Kier alpha value is -1.21. The van der Waals surface area contributed by atoms with Crippen LogP contribution in [0, 0.1) is 0 Å². The van der Waals surface area contributed by atoms with Gasteiger partial charge in [0, 0.05) is 21.3 Å². The fourth-order valence-electron chi connectivity index (χ4n) is 6.05. The van der Waals surface area contributed by atoms with Gasteiger partial charge in [-0.05, 0) is 34.6 Å². The van der Waals surface area contributed by atoms with Gasteiger partial charge in [0.2, 0.25) is 0 Å². The van der Waals surface area contributed by atoms with Gasteiger partial charge < -0.3 is 89.0 Å². The highest BCUT2D eigenvalue weighted by Gasteiger charge is 2.52. The zero-order valence-corrected chi connectivity index (χ0v) is 28.9. The lowest BCUT2D eigenvalue weighted by molar-refractivity contribution is -0.334. The molecule has 0 bridgehead atoms. The average molecular weight is 721 g/mol. The lowest BCUT2D eigenvalue weighted by atomic mass is 9.94. The molecule has 4 fully saturated rings. The molecule has 19 heteroatoms. The molecule has 290 valence electrons. The van der Waals surface area contributed by atoms with E-state index in [0.29, 0.717) is 0 Å². The van der Waals surface area contributed by atoms with Gasteiger partial charge >= 0.3 is 5.97 Å². The summed E-state index contributed by atoms with van der Waals surface area (Å²) in [5.41, 5.74) is 0. The molecule has 0 aromatic carbocycles. The summed E-state index contributed by atoms with van der Waals surface area (Å²) in [5, 5.41) is 95.8. The van der Waals surface area contributed by atoms with E-state index in [9.17, 15) is 50.8 Å². The number of rotatable bonds is 7. The van der Waals surface area contributed by atoms with E-state index >= 15 is 0 Å². The van der Waals surface area contributed by atoms with E-state index in [2.05, 4.69) is 0 Å². The van der Waals surface area contributed by atoms with Crippen molar-refractivity contribution >= 4 is 5.97 Å². The van der Waals surface area contributed by atoms with Crippen molar-refractivity contribution in [3.63, 3.8) is 0 Å². The molecule has 10 N–H and O–H groups in total. The Bertz CT molecular complexity index is 978. The van der Waals surface area contributed by atoms with Crippen LogP contribution in [0.25, 0.3) is 0 Å². The number of aliphatic hydroxyl groups excluding tert-OH is 9. The summed E-state index contributed by atoms with van der Waals surface area (Å²) in [4.78, 5) is 11.4. The fourth-order valence-corrected chi connectivity index (χ4v) is 6.05. The standard InChI is InChI=1S/C14H24O10.C8H16O5.C8H16O4/c1-4-6(15)8(17)9(18)14(23-4)24-11-10(21-3)7(16)5(2)22-12(11)13(19)20;1-4-6(10)8(12-2)7(11)5(3-9)13-4;1-4-6(9)7(10)8(11-3)5(2)12-4/h4-12,14-18H,1-3H3,(H,19,20);4-11H,3H2,1-2H3;4-10H,1-3H3/t4?,5-,6?,7?,8?,9?,10?,11?,12?,14?;4-,5?,6?,7?,8?;4?,5-,6?,7?,8?/m110/s1. The van der Waals surface area contributed by atoms with E-state index in [1.54, 1.807) is 13.8 Å². The molecule has 4 heterocycles. The van der Waals surface area contributed by atoms with Crippen LogP contribution < -0.4 is 0 Å². The Kier molecular flexibility index (Phi) is 17.6. The SMILES string of the molecule is COC1C(O)C(CO)O[C@H](C)C1O.COC1C(O)C(O)C(C)O[C@H]1C.COC1C(OC2OC(C)C(O)C(O)C2O)C(C(=O)O)O[C@H](C)C1O. The Morgan fingerprint density at radius 2 is 0.980 bits per heavy atom. The Morgan fingerprint density at radius 3 is 1.49 bits per heavy atom. The van der Waals surface area contributed by atoms with Crippen LogP contribution in [0.4, 0.5) is 0 Å². The molecule has 4 saturated heterocycles. The first-order chi connectivity index (χ1) is 22.9. The molecule has 0 saturated carbocycles. The molecule has 0 amide bonds. The molecule has 20 atom stereocenters. The largest absolute Gasteiger partial charge is 0.479 e. The highest BCUT2D eigenvalue weighted by Crippen LogP contribution is 2.30. The van der Waals surface area contributed by atoms with Crippen LogP contribution in [-0.2, 0) is 42.7 Å². The van der Waals surface area contributed by atoms with Crippen molar-refractivity contribution in [3.8, 4) is 0 Å². The third-order valence-corrected chi connectivity index (χ3v) is 9.12. The maximum Gasteiger partial charge on any atom is 0.335 e. The van der Waals surface area contributed by atoms with Crippen LogP contribution in [0.5, 0.6) is 0 Å². The number of carbonyl (C=O) groups is 1. The number of aliphatic carboxylic acids is 1. The first-order valence-electron chi connectivity index (χ1n) is 16.0. The predicted molar refractivity (Wildman–Crippen MR) is 163 cm³/mol. The van der Waals surface area contributed by atoms with E-state index in [0.717, 1.165) is 0 Å². The number of hydrogen-bond donors (Lipinski definition) is 10. The maximum absolute atomic E-state index is 11.4. The van der Waals surface area contributed by atoms with Gasteiger partial charge in [0.25, 0.3) is 0 Å². The molecule has 0 aliphatic carbocycles. The van der Waals surface area contributed by atoms with Crippen LogP contribution >= 0.6 is 0 Å². The zero-order valence-electron chi connectivity index (χ0n) is 28.9. The minimum Gasteiger partial charge on any atom is -0.479 e. The van der Waals surface area contributed by atoms with Crippen molar-refractivity contribution in [3.05, 3.63) is 0 Å². The van der Waals surface area contributed by atoms with Crippen molar-refractivity contribution in [1.29, 1.82) is 0 Å². The minimum absolute atomic E-state index is 0.177. The quantitative estimate of drug-likeness (QED) is 0.118. The van der Waals surface area contributed by atoms with Crippen LogP contribution in [0.1, 0.15) is 34.6 Å². The monoisotopic (exact) mass is 720 g/mol. The molecular formula is C30H56O19. The summed E-state index contributed by atoms with van der Waals surface area (Å²) in [6, 6.07) is 0. The molecule has 49 heavy (non-hydrogen) atoms. The summed E-state index contributed by atoms with van der Waals surface area (Å²) in [7, 11) is 4.18. The lowest BCUT2D eigenvalue weighted by Gasteiger charge is -2.45. The molecule has 4 aliphatic rings. The number of carboxylic acid groups (broad SMARTS) is 1. The molecule has 19 nitrogen and oxygen atoms in total. The zero-order chi connectivity index (χ0) is 37.5. The molecule has 0 radical (unpaired) electrons. The molecule has 0 aromatic heterocycles. The van der Waals surface area contributed by atoms with Crippen LogP contribution in [0.15, 0.2) is 0 Å². The van der Waals surface area contributed by atoms with Crippen LogP contribution in [0.2, 0.25) is 0 Å². The number of methoxy groups -OCH3 is 3. The third-order valence-electron chi connectivity index (χ3n) is 9.12. The van der Waals surface area contributed by atoms with E-state index in [1.807, 2.05) is 6.92 Å². The van der Waals surface area contributed by atoms with Gasteiger partial charge in [0.05, 0.1) is 37.1 Å². The van der Waals surface area contributed by atoms with Gasteiger partial charge in [-0.3, -0.25) is 0 Å². The van der Waals surface area contributed by atoms with E-state index in [1.165, 1.54) is 35.2 Å². The summed E-state index contributed by atoms with van der Waals surface area (Å²) in [6.07, 6.45) is -18.8. The summed E-state index contributed by atoms with van der Waals surface area (Å²) < 4.78 is 41.6. The second-order valence-corrected chi connectivity index (χ2v) is 12.5. The summed E-state index contributed by atoms with van der Waals surface area (Å²) >= 11 is 0. The molecule has 4 aliphatic heterocycles. The molecule has 0 spiro atoms. The van der Waals surface area contributed by atoms with Crippen LogP contribution in [-0.4, -0.2) is 207 Å². The van der Waals surface area contributed by atoms with Crippen LogP contribution in [0.3, 0.4) is 0 Å². The molecule has 4 rings (SSSR count). The van der Waals surface area contributed by atoms with Crippen molar-refractivity contribution in [2.45, 2.75) is 157 Å². The summed E-state index contributed by atoms with van der Waals surface area (Å²) in [5.74, 6) is -1.33. The highest BCUT2D eigenvalue weighted by atomic mass is 16.7. The molecule has 17 unspecified atom stereocenters.